The number of nitrogens with zero attached hydrogens (tertiary/aromatic N) is 3. The fraction of sp³-hybridized carbons (Fsp3) is 0.391. The van der Waals surface area contributed by atoms with E-state index >= 15 is 0 Å². The fourth-order valence-electron chi connectivity index (χ4n) is 4.42. The van der Waals surface area contributed by atoms with Crippen LogP contribution in [0, 0.1) is 18.8 Å². The van der Waals surface area contributed by atoms with Crippen molar-refractivity contribution in [2.75, 3.05) is 33.0 Å². The minimum Gasteiger partial charge on any atom is -0.497 e. The van der Waals surface area contributed by atoms with Crippen LogP contribution in [0.4, 0.5) is 0 Å². The Hall–Kier alpha value is -2.49. The molecule has 1 saturated heterocycles. The minimum atomic E-state index is -0.0757. The van der Waals surface area contributed by atoms with E-state index in [2.05, 4.69) is 27.2 Å². The number of Topliss-reactive ketones (excluding diaryl/α,β-unsaturated/α-hetero) is 1. The maximum absolute atomic E-state index is 12.8. The van der Waals surface area contributed by atoms with Crippen molar-refractivity contribution in [3.63, 3.8) is 0 Å². The summed E-state index contributed by atoms with van der Waals surface area (Å²) >= 11 is 2.64. The van der Waals surface area contributed by atoms with Crippen molar-refractivity contribution in [2.45, 2.75) is 18.0 Å². The first-order valence-corrected chi connectivity index (χ1v) is 12.3. The highest BCUT2D eigenvalue weighted by molar-refractivity contribution is 8.00. The summed E-state index contributed by atoms with van der Waals surface area (Å²) in [7, 11) is 3.73. The third-order valence-electron chi connectivity index (χ3n) is 6.10. The van der Waals surface area contributed by atoms with E-state index in [-0.39, 0.29) is 23.5 Å². The summed E-state index contributed by atoms with van der Waals surface area (Å²) < 4.78 is 5.32. The molecule has 2 fully saturated rings. The van der Waals surface area contributed by atoms with Crippen molar-refractivity contribution < 1.29 is 14.3 Å². The maximum Gasteiger partial charge on any atom is 0.261 e. The smallest absolute Gasteiger partial charge is 0.261 e. The zero-order chi connectivity index (χ0) is 22.4. The quantitative estimate of drug-likeness (QED) is 0.324. The van der Waals surface area contributed by atoms with Gasteiger partial charge >= 0.3 is 0 Å². The molecule has 1 aliphatic heterocycles. The summed E-state index contributed by atoms with van der Waals surface area (Å²) in [6.45, 7) is 3.93. The maximum atomic E-state index is 12.8. The van der Waals surface area contributed by atoms with E-state index in [4.69, 9.17) is 4.74 Å². The molecule has 1 N–H and O–H groups in total. The molecule has 0 spiro atoms. The number of amides is 1. The Labute approximate surface area is 194 Å². The zero-order valence-electron chi connectivity index (χ0n) is 18.1. The molecule has 1 amide bonds. The number of thioether (sulfide) groups is 1. The number of rotatable bonds is 7. The predicted molar refractivity (Wildman–Crippen MR) is 126 cm³/mol. The second-order valence-corrected chi connectivity index (χ2v) is 10.4. The van der Waals surface area contributed by atoms with Gasteiger partial charge in [0.15, 0.2) is 5.78 Å². The Bertz CT molecular complexity index is 1200. The number of carbonyl (C=O) groups is 2. The number of ether oxygens (including phenoxy) is 1. The lowest BCUT2D eigenvalue weighted by atomic mass is 10.2. The number of thiophene rings is 1. The van der Waals surface area contributed by atoms with Gasteiger partial charge in [0.1, 0.15) is 16.6 Å². The van der Waals surface area contributed by atoms with Crippen LogP contribution >= 0.6 is 23.1 Å². The number of benzene rings is 1. The van der Waals surface area contributed by atoms with Crippen LogP contribution in [0.25, 0.3) is 10.9 Å². The number of methoxy groups -OCH3 is 1. The summed E-state index contributed by atoms with van der Waals surface area (Å²) in [5.74, 6) is 2.67. The Morgan fingerprint density at radius 1 is 1.19 bits per heavy atom. The van der Waals surface area contributed by atoms with Gasteiger partial charge < -0.3 is 15.0 Å². The van der Waals surface area contributed by atoms with Gasteiger partial charge in [0.25, 0.3) is 5.91 Å². The van der Waals surface area contributed by atoms with E-state index in [1.54, 1.807) is 19.2 Å². The number of ketones is 1. The molecule has 3 heterocycles. The summed E-state index contributed by atoms with van der Waals surface area (Å²) in [5, 5.41) is 4.75. The number of aromatic nitrogens is 2. The number of fused-ring (bicyclic) bond motifs is 2. The van der Waals surface area contributed by atoms with E-state index in [0.717, 1.165) is 34.8 Å². The Morgan fingerprint density at radius 2 is 1.94 bits per heavy atom. The van der Waals surface area contributed by atoms with Crippen molar-refractivity contribution in [2.24, 2.45) is 11.8 Å². The molecule has 3 aromatic rings. The van der Waals surface area contributed by atoms with E-state index < -0.39 is 0 Å². The van der Waals surface area contributed by atoms with Crippen LogP contribution in [0.15, 0.2) is 35.4 Å². The first-order chi connectivity index (χ1) is 15.4. The molecule has 1 unspecified atom stereocenters. The number of piperidine rings is 1. The first kappa shape index (κ1) is 21.4. The lowest BCUT2D eigenvalue weighted by Crippen LogP contribution is -2.32. The SMILES string of the molecule is COc1ccc2nc(C)nc(SCC(=O)c3ccc(C(=O)NC4[C@H]5CN(C)C[C@@H]45)s3)c2c1. The molecule has 1 saturated carbocycles. The average molecular weight is 469 g/mol. The lowest BCUT2D eigenvalue weighted by Gasteiger charge is -2.13. The molecule has 1 aromatic carbocycles. The molecular weight excluding hydrogens is 444 g/mol. The van der Waals surface area contributed by atoms with Gasteiger partial charge in [0, 0.05) is 24.5 Å². The van der Waals surface area contributed by atoms with Crippen LogP contribution in [-0.2, 0) is 0 Å². The molecule has 5 rings (SSSR count). The van der Waals surface area contributed by atoms with Gasteiger partial charge in [-0.25, -0.2) is 9.97 Å². The van der Waals surface area contributed by atoms with Gasteiger partial charge in [-0.1, -0.05) is 11.8 Å². The standard InChI is InChI=1S/C23H24N4O3S2/c1-12-24-17-5-4-13(30-3)8-14(17)23(25-12)31-11-18(28)19-6-7-20(32-19)22(29)26-21-15-9-27(2)10-16(15)21/h4-8,15-16,21H,9-11H2,1-3H3,(H,26,29)/t15-,16+,21?. The summed E-state index contributed by atoms with van der Waals surface area (Å²) in [6.07, 6.45) is 0. The van der Waals surface area contributed by atoms with Gasteiger partial charge in [0.2, 0.25) is 0 Å². The van der Waals surface area contributed by atoms with Gasteiger partial charge in [0.05, 0.1) is 28.1 Å². The monoisotopic (exact) mass is 468 g/mol. The van der Waals surface area contributed by atoms with E-state index in [1.165, 1.54) is 23.1 Å². The fourth-order valence-corrected chi connectivity index (χ4v) is 6.29. The van der Waals surface area contributed by atoms with Crippen molar-refractivity contribution in [1.82, 2.24) is 20.2 Å². The summed E-state index contributed by atoms with van der Waals surface area (Å²) in [4.78, 5) is 37.9. The van der Waals surface area contributed by atoms with E-state index in [0.29, 0.717) is 27.4 Å². The van der Waals surface area contributed by atoms with Crippen LogP contribution in [0.2, 0.25) is 0 Å². The largest absolute Gasteiger partial charge is 0.497 e. The molecule has 2 aromatic heterocycles. The molecule has 1 aliphatic carbocycles. The third-order valence-corrected chi connectivity index (χ3v) is 8.21. The molecule has 3 atom stereocenters. The first-order valence-electron chi connectivity index (χ1n) is 10.5. The van der Waals surface area contributed by atoms with Crippen LogP contribution < -0.4 is 10.1 Å². The molecule has 0 radical (unpaired) electrons. The van der Waals surface area contributed by atoms with Gasteiger partial charge in [-0.15, -0.1) is 11.3 Å². The Kier molecular flexibility index (Phi) is 5.65. The minimum absolute atomic E-state index is 0.0173. The van der Waals surface area contributed by atoms with Crippen molar-refractivity contribution in [3.05, 3.63) is 45.9 Å². The van der Waals surface area contributed by atoms with Crippen LogP contribution in [0.1, 0.15) is 25.2 Å². The highest BCUT2D eigenvalue weighted by Gasteiger charge is 2.55. The highest BCUT2D eigenvalue weighted by atomic mass is 32.2. The van der Waals surface area contributed by atoms with Gasteiger partial charge in [-0.3, -0.25) is 9.59 Å². The number of aryl methyl sites for hydroxylation is 1. The highest BCUT2D eigenvalue weighted by Crippen LogP contribution is 2.45. The number of carbonyl (C=O) groups excluding carboxylic acids is 2. The predicted octanol–water partition coefficient (Wildman–Crippen LogP) is 3.27. The topological polar surface area (TPSA) is 84.4 Å². The second kappa shape index (κ2) is 8.46. The second-order valence-electron chi connectivity index (χ2n) is 8.38. The molecule has 9 heteroatoms. The van der Waals surface area contributed by atoms with Crippen LogP contribution in [0.3, 0.4) is 0 Å². The third kappa shape index (κ3) is 4.12. The number of likely N-dealkylation sites (tertiary alicyclic amines) is 1. The van der Waals surface area contributed by atoms with Crippen LogP contribution in [-0.4, -0.2) is 65.6 Å². The van der Waals surface area contributed by atoms with E-state index in [9.17, 15) is 9.59 Å². The van der Waals surface area contributed by atoms with Crippen LogP contribution in [0.5, 0.6) is 5.75 Å². The summed E-state index contributed by atoms with van der Waals surface area (Å²) in [5.41, 5.74) is 0.819. The van der Waals surface area contributed by atoms with Crippen molar-refractivity contribution in [1.29, 1.82) is 0 Å². The molecule has 0 bridgehead atoms. The van der Waals surface area contributed by atoms with Gasteiger partial charge in [-0.2, -0.15) is 0 Å². The molecule has 166 valence electrons. The number of hydrogen-bond acceptors (Lipinski definition) is 8. The Balaban J connectivity index is 1.24. The lowest BCUT2D eigenvalue weighted by molar-refractivity contribution is 0.0947. The van der Waals surface area contributed by atoms with Crippen molar-refractivity contribution in [3.8, 4) is 5.75 Å². The zero-order valence-corrected chi connectivity index (χ0v) is 19.8. The molecule has 2 aliphatic rings. The van der Waals surface area contributed by atoms with Crippen molar-refractivity contribution >= 4 is 45.7 Å². The summed E-state index contributed by atoms with van der Waals surface area (Å²) in [6, 6.07) is 9.42. The molecule has 32 heavy (non-hydrogen) atoms. The molecule has 7 nitrogen and oxygen atoms in total. The Morgan fingerprint density at radius 3 is 2.69 bits per heavy atom. The number of nitrogens with one attached hydrogen (secondary N) is 1. The van der Waals surface area contributed by atoms with E-state index in [1.807, 2.05) is 25.1 Å². The van der Waals surface area contributed by atoms with Gasteiger partial charge in [-0.05, 0) is 56.1 Å². The normalized spacial score (nSPS) is 22.0. The number of hydrogen-bond donors (Lipinski definition) is 1. The molecular formula is C23H24N4O3S2. The average Bonchev–Trinajstić information content (AvgIpc) is 3.17.